The quantitative estimate of drug-likeness (QED) is 0.439. The van der Waals surface area contributed by atoms with E-state index >= 15 is 0 Å². The highest BCUT2D eigenvalue weighted by molar-refractivity contribution is 5.95. The van der Waals surface area contributed by atoms with Crippen molar-refractivity contribution in [1.82, 2.24) is 29.8 Å². The van der Waals surface area contributed by atoms with E-state index in [-0.39, 0.29) is 11.8 Å². The summed E-state index contributed by atoms with van der Waals surface area (Å²) in [6.45, 7) is 1.32. The van der Waals surface area contributed by atoms with Crippen LogP contribution in [0.3, 0.4) is 0 Å². The number of rotatable bonds is 5. The van der Waals surface area contributed by atoms with Crippen LogP contribution >= 0.6 is 0 Å². The van der Waals surface area contributed by atoms with Gasteiger partial charge in [0.05, 0.1) is 11.4 Å². The van der Waals surface area contributed by atoms with Gasteiger partial charge in [-0.05, 0) is 30.5 Å². The third-order valence-corrected chi connectivity index (χ3v) is 6.25. The van der Waals surface area contributed by atoms with Gasteiger partial charge in [-0.2, -0.15) is 0 Å². The van der Waals surface area contributed by atoms with E-state index in [0.29, 0.717) is 30.3 Å². The van der Waals surface area contributed by atoms with Crippen molar-refractivity contribution in [3.63, 3.8) is 0 Å². The summed E-state index contributed by atoms with van der Waals surface area (Å²) in [7, 11) is 3.88. The van der Waals surface area contributed by atoms with Gasteiger partial charge in [0.25, 0.3) is 5.91 Å². The molecule has 1 saturated heterocycles. The fourth-order valence-electron chi connectivity index (χ4n) is 4.47. The highest BCUT2D eigenvalue weighted by Gasteiger charge is 2.29. The van der Waals surface area contributed by atoms with Gasteiger partial charge in [-0.25, -0.2) is 19.9 Å². The Morgan fingerprint density at radius 3 is 2.57 bits per heavy atom. The topological polar surface area (TPSA) is 88.0 Å². The van der Waals surface area contributed by atoms with E-state index in [1.54, 1.807) is 24.7 Å². The van der Waals surface area contributed by atoms with Gasteiger partial charge in [-0.3, -0.25) is 9.78 Å². The first-order valence-electron chi connectivity index (χ1n) is 11.7. The van der Waals surface area contributed by atoms with Crippen LogP contribution in [-0.4, -0.2) is 62.9 Å². The fraction of sp³-hybridized carbons (Fsp3) is 0.259. The molecule has 0 spiro atoms. The third-order valence-electron chi connectivity index (χ3n) is 6.25. The summed E-state index contributed by atoms with van der Waals surface area (Å²) in [5.41, 5.74) is 5.17. The molecule has 1 atom stereocenters. The zero-order valence-corrected chi connectivity index (χ0v) is 19.9. The lowest BCUT2D eigenvalue weighted by molar-refractivity contribution is 0.0706. The number of anilines is 1. The number of pyridine rings is 1. The van der Waals surface area contributed by atoms with Crippen molar-refractivity contribution in [3.05, 3.63) is 84.8 Å². The maximum atomic E-state index is 13.5. The molecule has 1 aliphatic rings. The van der Waals surface area contributed by atoms with Crippen molar-refractivity contribution in [2.24, 2.45) is 0 Å². The van der Waals surface area contributed by atoms with Crippen LogP contribution in [0.1, 0.15) is 34.8 Å². The van der Waals surface area contributed by atoms with E-state index in [2.05, 4.69) is 32.1 Å². The van der Waals surface area contributed by atoms with Crippen LogP contribution in [0.25, 0.3) is 22.4 Å². The highest BCUT2D eigenvalue weighted by atomic mass is 16.2. The number of nitrogens with zero attached hydrogens (tertiary/aromatic N) is 7. The van der Waals surface area contributed by atoms with Gasteiger partial charge in [0.1, 0.15) is 6.33 Å². The Labute approximate surface area is 204 Å². The number of carbonyl (C=O) groups is 1. The van der Waals surface area contributed by atoms with E-state index in [1.807, 2.05) is 54.4 Å². The Bertz CT molecular complexity index is 1310. The highest BCUT2D eigenvalue weighted by Crippen LogP contribution is 2.34. The molecular formula is C27H27N7O. The summed E-state index contributed by atoms with van der Waals surface area (Å²) < 4.78 is 0. The van der Waals surface area contributed by atoms with Crippen molar-refractivity contribution in [3.8, 4) is 22.4 Å². The van der Waals surface area contributed by atoms with Crippen molar-refractivity contribution in [2.75, 3.05) is 32.1 Å². The van der Waals surface area contributed by atoms with E-state index in [4.69, 9.17) is 4.98 Å². The molecule has 1 amide bonds. The van der Waals surface area contributed by atoms with Crippen molar-refractivity contribution >= 4 is 11.9 Å². The predicted molar refractivity (Wildman–Crippen MR) is 135 cm³/mol. The number of aromatic nitrogens is 5. The van der Waals surface area contributed by atoms with E-state index in [1.165, 1.54) is 6.33 Å². The van der Waals surface area contributed by atoms with Crippen LogP contribution in [-0.2, 0) is 0 Å². The summed E-state index contributed by atoms with van der Waals surface area (Å²) in [4.78, 5) is 39.4. The second kappa shape index (κ2) is 9.97. The average molecular weight is 466 g/mol. The second-order valence-corrected chi connectivity index (χ2v) is 8.88. The van der Waals surface area contributed by atoms with Crippen LogP contribution in [0.4, 0.5) is 5.95 Å². The molecule has 1 fully saturated rings. The van der Waals surface area contributed by atoms with Crippen LogP contribution in [0.5, 0.6) is 0 Å². The number of amides is 1. The molecule has 8 nitrogen and oxygen atoms in total. The largest absolute Gasteiger partial charge is 0.347 e. The van der Waals surface area contributed by atoms with Gasteiger partial charge < -0.3 is 9.80 Å². The zero-order valence-electron chi connectivity index (χ0n) is 19.9. The predicted octanol–water partition coefficient (Wildman–Crippen LogP) is 4.08. The summed E-state index contributed by atoms with van der Waals surface area (Å²) in [5, 5.41) is 0. The second-order valence-electron chi connectivity index (χ2n) is 8.88. The minimum atomic E-state index is -0.00153. The Kier molecular flexibility index (Phi) is 6.43. The first kappa shape index (κ1) is 22.6. The standard InChI is InChI=1S/C27H27N7O/c1-33(2)27-31-16-23(19-7-4-3-5-8-19)25(32-27)21-9-6-12-34(17-21)26(35)20-10-11-30-24(13-20)22-14-28-18-29-15-22/h3-5,7-8,10-11,13-16,18,21H,6,9,12,17H2,1-2H3. The maximum Gasteiger partial charge on any atom is 0.254 e. The molecule has 0 bridgehead atoms. The number of piperidine rings is 1. The van der Waals surface area contributed by atoms with Crippen LogP contribution in [0, 0.1) is 0 Å². The number of carbonyl (C=O) groups excluding carboxylic acids is 1. The molecule has 176 valence electrons. The Morgan fingerprint density at radius 2 is 1.80 bits per heavy atom. The van der Waals surface area contributed by atoms with Crippen LogP contribution in [0.2, 0.25) is 0 Å². The molecule has 0 saturated carbocycles. The van der Waals surface area contributed by atoms with E-state index < -0.39 is 0 Å². The van der Waals surface area contributed by atoms with Gasteiger partial charge in [0, 0.05) is 74.6 Å². The summed E-state index contributed by atoms with van der Waals surface area (Å²) >= 11 is 0. The molecule has 1 aliphatic heterocycles. The van der Waals surface area contributed by atoms with Gasteiger partial charge >= 0.3 is 0 Å². The minimum absolute atomic E-state index is 0.00153. The Morgan fingerprint density at radius 1 is 1.00 bits per heavy atom. The molecule has 0 aliphatic carbocycles. The molecule has 0 radical (unpaired) electrons. The van der Waals surface area contributed by atoms with Crippen LogP contribution < -0.4 is 4.90 Å². The number of hydrogen-bond acceptors (Lipinski definition) is 7. The fourth-order valence-corrected chi connectivity index (χ4v) is 4.47. The van der Waals surface area contributed by atoms with Gasteiger partial charge in [0.15, 0.2) is 0 Å². The summed E-state index contributed by atoms with van der Waals surface area (Å²) in [5.74, 6) is 0.791. The zero-order chi connectivity index (χ0) is 24.2. The van der Waals surface area contributed by atoms with Gasteiger partial charge in [-0.15, -0.1) is 0 Å². The van der Waals surface area contributed by atoms with Crippen LogP contribution in [0.15, 0.2) is 73.6 Å². The number of likely N-dealkylation sites (tertiary alicyclic amines) is 1. The average Bonchev–Trinajstić information content (AvgIpc) is 2.93. The molecule has 1 aromatic carbocycles. The van der Waals surface area contributed by atoms with E-state index in [0.717, 1.165) is 35.2 Å². The summed E-state index contributed by atoms with van der Waals surface area (Å²) in [6, 6.07) is 13.8. The maximum absolute atomic E-state index is 13.5. The monoisotopic (exact) mass is 465 g/mol. The first-order valence-corrected chi connectivity index (χ1v) is 11.7. The van der Waals surface area contributed by atoms with Crippen molar-refractivity contribution in [2.45, 2.75) is 18.8 Å². The molecule has 4 heterocycles. The van der Waals surface area contributed by atoms with E-state index in [9.17, 15) is 4.79 Å². The molecular weight excluding hydrogens is 438 g/mol. The third kappa shape index (κ3) is 4.87. The minimum Gasteiger partial charge on any atom is -0.347 e. The molecule has 35 heavy (non-hydrogen) atoms. The Balaban J connectivity index is 1.44. The molecule has 4 aromatic rings. The molecule has 1 unspecified atom stereocenters. The first-order chi connectivity index (χ1) is 17.1. The number of hydrogen-bond donors (Lipinski definition) is 0. The lowest BCUT2D eigenvalue weighted by Crippen LogP contribution is -2.39. The lowest BCUT2D eigenvalue weighted by Gasteiger charge is -2.33. The van der Waals surface area contributed by atoms with Crippen molar-refractivity contribution in [1.29, 1.82) is 0 Å². The molecule has 5 rings (SSSR count). The van der Waals surface area contributed by atoms with Crippen molar-refractivity contribution < 1.29 is 4.79 Å². The van der Waals surface area contributed by atoms with Gasteiger partial charge in [0.2, 0.25) is 5.95 Å². The smallest absolute Gasteiger partial charge is 0.254 e. The molecule has 8 heteroatoms. The van der Waals surface area contributed by atoms with Gasteiger partial charge in [-0.1, -0.05) is 30.3 Å². The SMILES string of the molecule is CN(C)c1ncc(-c2ccccc2)c(C2CCCN(C(=O)c3ccnc(-c4cncnc4)c3)C2)n1. The Hall–Kier alpha value is -4.20. The normalized spacial score (nSPS) is 15.6. The lowest BCUT2D eigenvalue weighted by atomic mass is 9.89. The molecule has 0 N–H and O–H groups in total. The number of benzene rings is 1. The summed E-state index contributed by atoms with van der Waals surface area (Å²) in [6.07, 6.45) is 10.3. The molecule has 3 aromatic heterocycles.